The minimum atomic E-state index is -0.394. The molecule has 9 atom stereocenters. The van der Waals surface area contributed by atoms with Gasteiger partial charge in [-0.1, -0.05) is 67.7 Å². The number of methoxy groups -OCH3 is 2. The topological polar surface area (TPSA) is 175 Å². The molecule has 0 spiro atoms. The highest BCUT2D eigenvalue weighted by atomic mass is 32.2. The zero-order valence-electron chi connectivity index (χ0n) is 41.5. The number of carbonyl (C=O) groups is 6. The molecule has 15 nitrogen and oxygen atoms in total. The number of fused-ring (bicyclic) bond motifs is 1. The number of aldehydes is 1. The molecule has 0 bridgehead atoms. The number of hydrogen-bond donors (Lipinski definition) is 2. The molecule has 3 aliphatic rings. The Balaban J connectivity index is 0.000000441. The van der Waals surface area contributed by atoms with Crippen molar-refractivity contribution in [2.24, 2.45) is 29.4 Å². The van der Waals surface area contributed by atoms with Gasteiger partial charge in [-0.3, -0.25) is 38.9 Å². The first-order valence-corrected chi connectivity index (χ1v) is 25.4. The monoisotopic (exact) mass is 940 g/mol. The fourth-order valence-corrected chi connectivity index (χ4v) is 12.6. The van der Waals surface area contributed by atoms with E-state index in [0.29, 0.717) is 49.5 Å². The van der Waals surface area contributed by atoms with Gasteiger partial charge in [0.2, 0.25) is 30.0 Å². The predicted molar refractivity (Wildman–Crippen MR) is 259 cm³/mol. The summed E-state index contributed by atoms with van der Waals surface area (Å²) in [5.74, 6) is 0.0231. The molecule has 2 fully saturated rings. The molecule has 5 amide bonds. The average Bonchev–Trinajstić information content (AvgIpc) is 3.74. The van der Waals surface area contributed by atoms with Gasteiger partial charge in [0.05, 0.1) is 36.8 Å². The molecular weight excluding hydrogens is 855 g/mol. The normalized spacial score (nSPS) is 21.5. The van der Waals surface area contributed by atoms with Crippen molar-refractivity contribution in [3.63, 3.8) is 0 Å². The molecule has 0 aromatic carbocycles. The standard InChI is InChI=1S/C24H44N2O5.C23H41N5O3S2/c1-9-17(4)23(25(6)21(28)13-16(2)3)20(30-7)14-22(29)26-12-10-11-19(26)24(31-8)18(5)15-27;1-16(2)21(22(24)31)26(4)13-8-12-25-20(30)11-14-28(27(5)15-29)23-17(3)32-18-9-6-7-10-19(18)33-23/h15-20,23-24H,9-14H2,1-8H3;15-16,18-19,21H,6-14H2,1-5H3,(H2,24,31)(H,25,30). The number of hydrogen-bond acceptors (Lipinski definition) is 12. The summed E-state index contributed by atoms with van der Waals surface area (Å²) in [5.41, 5.74) is 5.51. The van der Waals surface area contributed by atoms with Crippen LogP contribution in [0.4, 0.5) is 0 Å². The van der Waals surface area contributed by atoms with E-state index in [-0.39, 0.29) is 78.0 Å². The number of primary amides is 1. The number of carbonyl (C=O) groups excluding carboxylic acids is 6. The molecule has 2 heterocycles. The first-order valence-electron chi connectivity index (χ1n) is 23.6. The molecule has 64 heavy (non-hydrogen) atoms. The Labute approximate surface area is 394 Å². The highest BCUT2D eigenvalue weighted by Crippen LogP contribution is 2.49. The van der Waals surface area contributed by atoms with Gasteiger partial charge in [-0.2, -0.15) is 0 Å². The van der Waals surface area contributed by atoms with Gasteiger partial charge in [0.15, 0.2) is 0 Å². The highest BCUT2D eigenvalue weighted by molar-refractivity contribution is 8.10. The van der Waals surface area contributed by atoms with E-state index >= 15 is 0 Å². The third-order valence-electron chi connectivity index (χ3n) is 13.0. The number of amides is 5. The molecular formula is C47H85N7O8S2. The molecule has 1 aliphatic carbocycles. The second kappa shape index (κ2) is 29.0. The summed E-state index contributed by atoms with van der Waals surface area (Å²) in [4.78, 5) is 80.0. The smallest absolute Gasteiger partial charge is 0.235 e. The molecule has 9 unspecified atom stereocenters. The van der Waals surface area contributed by atoms with Crippen molar-refractivity contribution >= 4 is 59.8 Å². The largest absolute Gasteiger partial charge is 0.379 e. The lowest BCUT2D eigenvalue weighted by molar-refractivity contribution is -0.145. The minimum absolute atomic E-state index is 0.00693. The lowest BCUT2D eigenvalue weighted by atomic mass is 9.90. The Morgan fingerprint density at radius 2 is 1.55 bits per heavy atom. The van der Waals surface area contributed by atoms with Crippen LogP contribution in [0.2, 0.25) is 0 Å². The van der Waals surface area contributed by atoms with Crippen LogP contribution in [0.1, 0.15) is 126 Å². The first kappa shape index (κ1) is 57.3. The van der Waals surface area contributed by atoms with Crippen molar-refractivity contribution in [1.29, 1.82) is 0 Å². The second-order valence-corrected chi connectivity index (χ2v) is 21.4. The molecule has 0 aromatic rings. The average molecular weight is 940 g/mol. The Kier molecular flexibility index (Phi) is 26.0. The van der Waals surface area contributed by atoms with E-state index in [2.05, 4.69) is 26.1 Å². The molecule has 368 valence electrons. The van der Waals surface area contributed by atoms with Gasteiger partial charge in [-0.05, 0) is 63.8 Å². The quantitative estimate of drug-likeness (QED) is 0.0611. The van der Waals surface area contributed by atoms with Crippen molar-refractivity contribution in [1.82, 2.24) is 30.0 Å². The fourth-order valence-electron chi connectivity index (χ4n) is 9.36. The zero-order chi connectivity index (χ0) is 48.3. The molecule has 3 N–H and O–H groups in total. The number of likely N-dealkylation sites (N-methyl/N-ethyl adjacent to an activating group) is 2. The van der Waals surface area contributed by atoms with Gasteiger partial charge in [-0.15, -0.1) is 23.5 Å². The van der Waals surface area contributed by atoms with Gasteiger partial charge < -0.3 is 35.1 Å². The van der Waals surface area contributed by atoms with Crippen molar-refractivity contribution in [3.05, 3.63) is 9.93 Å². The van der Waals surface area contributed by atoms with Gasteiger partial charge in [-0.25, -0.2) is 0 Å². The van der Waals surface area contributed by atoms with Crippen molar-refractivity contribution < 1.29 is 38.2 Å². The van der Waals surface area contributed by atoms with Crippen LogP contribution in [0, 0.1) is 23.7 Å². The summed E-state index contributed by atoms with van der Waals surface area (Å²) in [6.45, 7) is 18.5. The third-order valence-corrected chi connectivity index (χ3v) is 16.3. The maximum Gasteiger partial charge on any atom is 0.235 e. The van der Waals surface area contributed by atoms with E-state index in [4.69, 9.17) is 15.2 Å². The lowest BCUT2D eigenvalue weighted by Crippen LogP contribution is -2.52. The maximum atomic E-state index is 13.3. The summed E-state index contributed by atoms with van der Waals surface area (Å²) in [7, 11) is 8.66. The van der Waals surface area contributed by atoms with E-state index in [1.165, 1.54) is 30.6 Å². The van der Waals surface area contributed by atoms with Gasteiger partial charge in [0.25, 0.3) is 0 Å². The molecule has 0 radical (unpaired) electrons. The Morgan fingerprint density at radius 1 is 0.906 bits per heavy atom. The Bertz CT molecular complexity index is 1520. The Morgan fingerprint density at radius 3 is 2.08 bits per heavy atom. The maximum absolute atomic E-state index is 13.3. The number of thioether (sulfide) groups is 2. The van der Waals surface area contributed by atoms with Crippen LogP contribution in [0.15, 0.2) is 9.93 Å². The predicted octanol–water partition coefficient (Wildman–Crippen LogP) is 5.76. The molecule has 0 aromatic heterocycles. The van der Waals surface area contributed by atoms with Crippen LogP contribution >= 0.6 is 23.5 Å². The van der Waals surface area contributed by atoms with E-state index in [1.54, 1.807) is 31.2 Å². The summed E-state index contributed by atoms with van der Waals surface area (Å²) < 4.78 is 11.4. The summed E-state index contributed by atoms with van der Waals surface area (Å²) in [6, 6.07) is -0.602. The summed E-state index contributed by atoms with van der Waals surface area (Å²) in [6.07, 6.45) is 10.3. The fraction of sp³-hybridized carbons (Fsp3) is 0.830. The van der Waals surface area contributed by atoms with Gasteiger partial charge >= 0.3 is 0 Å². The SMILES string of the molecule is CC1=C(N(CCC(=O)NCCCN(C)C(C(N)=O)C(C)C)N(C)C=O)SC2CCCCC2S1.CCC(C)C(C(CC(=O)N1CCCC1C(OC)C(C)C=O)OC)N(C)C(=O)CC(C)C. The van der Waals surface area contributed by atoms with Crippen LogP contribution < -0.4 is 11.1 Å². The van der Waals surface area contributed by atoms with Crippen LogP contribution in [-0.4, -0.2) is 163 Å². The van der Waals surface area contributed by atoms with Crippen molar-refractivity contribution in [2.75, 3.05) is 61.5 Å². The van der Waals surface area contributed by atoms with Gasteiger partial charge in [0.1, 0.15) is 11.3 Å². The number of nitrogens with two attached hydrogens (primary N) is 1. The second-order valence-electron chi connectivity index (χ2n) is 18.7. The summed E-state index contributed by atoms with van der Waals surface area (Å²) in [5, 5.41) is 8.78. The number of nitrogens with one attached hydrogen (secondary N) is 1. The first-order chi connectivity index (χ1) is 30.3. The van der Waals surface area contributed by atoms with Crippen LogP contribution in [0.3, 0.4) is 0 Å². The number of hydrazine groups is 1. The highest BCUT2D eigenvalue weighted by Gasteiger charge is 2.41. The van der Waals surface area contributed by atoms with Crippen molar-refractivity contribution in [3.8, 4) is 0 Å². The molecule has 2 aliphatic heterocycles. The molecule has 17 heteroatoms. The number of allylic oxidation sites excluding steroid dienone is 1. The van der Waals surface area contributed by atoms with Crippen LogP contribution in [-0.2, 0) is 38.2 Å². The van der Waals surface area contributed by atoms with Crippen molar-refractivity contribution in [2.45, 2.75) is 167 Å². The molecule has 1 saturated carbocycles. The Hall–Kier alpha value is -2.86. The number of ether oxygens (including phenoxy) is 2. The number of nitrogens with zero attached hydrogens (tertiary/aromatic N) is 5. The van der Waals surface area contributed by atoms with Crippen LogP contribution in [0.25, 0.3) is 0 Å². The van der Waals surface area contributed by atoms with Gasteiger partial charge in [0, 0.05) is 88.7 Å². The minimum Gasteiger partial charge on any atom is -0.379 e. The lowest BCUT2D eigenvalue weighted by Gasteiger charge is -2.41. The molecule has 3 rings (SSSR count). The van der Waals surface area contributed by atoms with E-state index in [1.807, 2.05) is 87.0 Å². The molecule has 1 saturated heterocycles. The zero-order valence-corrected chi connectivity index (χ0v) is 43.1. The number of rotatable bonds is 26. The van der Waals surface area contributed by atoms with E-state index in [0.717, 1.165) is 43.4 Å². The third kappa shape index (κ3) is 17.1. The van der Waals surface area contributed by atoms with Crippen LogP contribution in [0.5, 0.6) is 0 Å². The number of likely N-dealkylation sites (tertiary alicyclic amines) is 1. The van der Waals surface area contributed by atoms with E-state index in [9.17, 15) is 28.8 Å². The summed E-state index contributed by atoms with van der Waals surface area (Å²) >= 11 is 3.80. The van der Waals surface area contributed by atoms with E-state index < -0.39 is 6.10 Å².